The zero-order valence-electron chi connectivity index (χ0n) is 15.2. The predicted octanol–water partition coefficient (Wildman–Crippen LogP) is 6.98. The van der Waals surface area contributed by atoms with Crippen molar-refractivity contribution in [2.45, 2.75) is 79.6 Å². The fourth-order valence-corrected chi connectivity index (χ4v) is 3.25. The summed E-state index contributed by atoms with van der Waals surface area (Å²) in [5.41, 5.74) is 2.87. The Kier molecular flexibility index (Phi) is 8.07. The van der Waals surface area contributed by atoms with E-state index in [9.17, 15) is 0 Å². The van der Waals surface area contributed by atoms with Gasteiger partial charge in [0.1, 0.15) is 0 Å². The van der Waals surface area contributed by atoms with E-state index in [2.05, 4.69) is 65.8 Å². The van der Waals surface area contributed by atoms with Crippen LogP contribution in [-0.4, -0.2) is 0 Å². The fourth-order valence-electron chi connectivity index (χ4n) is 3.25. The van der Waals surface area contributed by atoms with Crippen LogP contribution in [-0.2, 0) is 0 Å². The average Bonchev–Trinajstić information content (AvgIpc) is 2.46. The van der Waals surface area contributed by atoms with Crippen LogP contribution in [0.25, 0.3) is 0 Å². The molecule has 0 aliphatic heterocycles. The van der Waals surface area contributed by atoms with Gasteiger partial charge in [0.2, 0.25) is 0 Å². The number of benzene rings is 1. The first-order valence-electron chi connectivity index (χ1n) is 9.00. The summed E-state index contributed by atoms with van der Waals surface area (Å²) in [5.74, 6) is 3.31. The minimum Gasteiger partial charge on any atom is -0.0651 e. The van der Waals surface area contributed by atoms with Crippen molar-refractivity contribution in [1.29, 1.82) is 0 Å². The van der Waals surface area contributed by atoms with Crippen molar-refractivity contribution in [3.05, 3.63) is 35.4 Å². The van der Waals surface area contributed by atoms with Gasteiger partial charge in [-0.05, 0) is 49.0 Å². The SMILES string of the molecule is CCC(CCC(C)c1ccc(C)cc1)C(C)CCC(C)C. The van der Waals surface area contributed by atoms with E-state index in [0.717, 1.165) is 17.8 Å². The lowest BCUT2D eigenvalue weighted by atomic mass is 9.81. The molecule has 0 nitrogen and oxygen atoms in total. The van der Waals surface area contributed by atoms with Crippen LogP contribution in [0, 0.1) is 24.7 Å². The molecule has 0 heterocycles. The summed E-state index contributed by atoms with van der Waals surface area (Å²) in [6.45, 7) is 14.1. The highest BCUT2D eigenvalue weighted by molar-refractivity contribution is 5.23. The number of hydrogen-bond acceptors (Lipinski definition) is 0. The largest absolute Gasteiger partial charge is 0.0651 e. The molecule has 21 heavy (non-hydrogen) atoms. The Morgan fingerprint density at radius 1 is 0.810 bits per heavy atom. The van der Waals surface area contributed by atoms with Crippen LogP contribution >= 0.6 is 0 Å². The minimum absolute atomic E-state index is 0.692. The molecule has 0 fully saturated rings. The normalized spacial score (nSPS) is 16.0. The molecule has 0 aromatic heterocycles. The predicted molar refractivity (Wildman–Crippen MR) is 95.8 cm³/mol. The molecule has 0 aliphatic rings. The second-order valence-electron chi connectivity index (χ2n) is 7.51. The maximum Gasteiger partial charge on any atom is -0.0190 e. The summed E-state index contributed by atoms with van der Waals surface area (Å²) in [6.07, 6.45) is 6.82. The van der Waals surface area contributed by atoms with Crippen LogP contribution in [0.15, 0.2) is 24.3 Å². The van der Waals surface area contributed by atoms with E-state index in [1.54, 1.807) is 0 Å². The average molecular weight is 289 g/mol. The lowest BCUT2D eigenvalue weighted by Gasteiger charge is -2.25. The number of aryl methyl sites for hydroxylation is 1. The molecule has 0 radical (unpaired) electrons. The van der Waals surface area contributed by atoms with Gasteiger partial charge in [0.05, 0.1) is 0 Å². The topological polar surface area (TPSA) is 0 Å². The van der Waals surface area contributed by atoms with Gasteiger partial charge in [-0.2, -0.15) is 0 Å². The van der Waals surface area contributed by atoms with Crippen molar-refractivity contribution in [3.63, 3.8) is 0 Å². The molecule has 1 rings (SSSR count). The van der Waals surface area contributed by atoms with Gasteiger partial charge >= 0.3 is 0 Å². The van der Waals surface area contributed by atoms with E-state index >= 15 is 0 Å². The molecule has 3 atom stereocenters. The molecular formula is C21H36. The summed E-state index contributed by atoms with van der Waals surface area (Å²) in [7, 11) is 0. The highest BCUT2D eigenvalue weighted by atomic mass is 14.2. The van der Waals surface area contributed by atoms with E-state index in [1.165, 1.54) is 43.2 Å². The second-order valence-corrected chi connectivity index (χ2v) is 7.51. The molecule has 0 saturated carbocycles. The Hall–Kier alpha value is -0.780. The standard InChI is InChI=1S/C21H36/c1-7-20(18(5)11-8-16(2)3)15-12-19(6)21-13-9-17(4)10-14-21/h9-10,13-14,16,18-20H,7-8,11-12,15H2,1-6H3. The fraction of sp³-hybridized carbons (Fsp3) is 0.714. The molecule has 0 N–H and O–H groups in total. The van der Waals surface area contributed by atoms with Crippen molar-refractivity contribution < 1.29 is 0 Å². The molecule has 0 amide bonds. The summed E-state index contributed by atoms with van der Waals surface area (Å²) in [4.78, 5) is 0. The first-order valence-corrected chi connectivity index (χ1v) is 9.00. The minimum atomic E-state index is 0.692. The third kappa shape index (κ3) is 6.68. The van der Waals surface area contributed by atoms with Crippen LogP contribution < -0.4 is 0 Å². The van der Waals surface area contributed by atoms with Gasteiger partial charge in [-0.1, -0.05) is 83.7 Å². The van der Waals surface area contributed by atoms with E-state index in [0.29, 0.717) is 5.92 Å². The van der Waals surface area contributed by atoms with Gasteiger partial charge in [-0.3, -0.25) is 0 Å². The van der Waals surface area contributed by atoms with Gasteiger partial charge in [-0.25, -0.2) is 0 Å². The maximum atomic E-state index is 2.47. The Morgan fingerprint density at radius 2 is 1.43 bits per heavy atom. The molecule has 0 heteroatoms. The molecule has 1 aromatic rings. The monoisotopic (exact) mass is 288 g/mol. The van der Waals surface area contributed by atoms with Crippen LogP contribution in [0.1, 0.15) is 83.8 Å². The zero-order chi connectivity index (χ0) is 15.8. The van der Waals surface area contributed by atoms with Gasteiger partial charge in [0.25, 0.3) is 0 Å². The third-order valence-electron chi connectivity index (χ3n) is 5.15. The summed E-state index contributed by atoms with van der Waals surface area (Å²) in [6, 6.07) is 9.11. The molecular weight excluding hydrogens is 252 g/mol. The van der Waals surface area contributed by atoms with Crippen LogP contribution in [0.2, 0.25) is 0 Å². The molecule has 0 spiro atoms. The Balaban J connectivity index is 2.44. The van der Waals surface area contributed by atoms with Crippen LogP contribution in [0.4, 0.5) is 0 Å². The van der Waals surface area contributed by atoms with E-state index in [-0.39, 0.29) is 0 Å². The highest BCUT2D eigenvalue weighted by Crippen LogP contribution is 2.30. The molecule has 1 aromatic carbocycles. The Bertz CT molecular complexity index is 374. The molecule has 3 unspecified atom stereocenters. The maximum absolute atomic E-state index is 2.47. The second kappa shape index (κ2) is 9.28. The first-order chi connectivity index (χ1) is 9.93. The van der Waals surface area contributed by atoms with Gasteiger partial charge in [0, 0.05) is 0 Å². The smallest absolute Gasteiger partial charge is 0.0190 e. The van der Waals surface area contributed by atoms with Crippen molar-refractivity contribution in [1.82, 2.24) is 0 Å². The van der Waals surface area contributed by atoms with Gasteiger partial charge in [-0.15, -0.1) is 0 Å². The molecule has 120 valence electrons. The van der Waals surface area contributed by atoms with Gasteiger partial charge < -0.3 is 0 Å². The quantitative estimate of drug-likeness (QED) is 0.460. The van der Waals surface area contributed by atoms with E-state index in [4.69, 9.17) is 0 Å². The number of hydrogen-bond donors (Lipinski definition) is 0. The van der Waals surface area contributed by atoms with Crippen molar-refractivity contribution >= 4 is 0 Å². The lowest BCUT2D eigenvalue weighted by molar-refractivity contribution is 0.281. The number of rotatable bonds is 9. The lowest BCUT2D eigenvalue weighted by Crippen LogP contribution is -2.13. The zero-order valence-corrected chi connectivity index (χ0v) is 15.2. The van der Waals surface area contributed by atoms with Crippen LogP contribution in [0.3, 0.4) is 0 Å². The Labute approximate surface area is 133 Å². The molecule has 0 saturated heterocycles. The first kappa shape index (κ1) is 18.3. The summed E-state index contributed by atoms with van der Waals surface area (Å²) < 4.78 is 0. The van der Waals surface area contributed by atoms with Crippen molar-refractivity contribution in [3.8, 4) is 0 Å². The highest BCUT2D eigenvalue weighted by Gasteiger charge is 2.17. The van der Waals surface area contributed by atoms with Gasteiger partial charge in [0.15, 0.2) is 0 Å². The van der Waals surface area contributed by atoms with Crippen LogP contribution in [0.5, 0.6) is 0 Å². The Morgan fingerprint density at radius 3 is 1.95 bits per heavy atom. The summed E-state index contributed by atoms with van der Waals surface area (Å²) in [5, 5.41) is 0. The van der Waals surface area contributed by atoms with Crippen molar-refractivity contribution in [2.75, 3.05) is 0 Å². The molecule has 0 aliphatic carbocycles. The van der Waals surface area contributed by atoms with E-state index < -0.39 is 0 Å². The van der Waals surface area contributed by atoms with Crippen molar-refractivity contribution in [2.24, 2.45) is 17.8 Å². The third-order valence-corrected chi connectivity index (χ3v) is 5.15. The molecule has 0 bridgehead atoms. The van der Waals surface area contributed by atoms with E-state index in [1.807, 2.05) is 0 Å². The summed E-state index contributed by atoms with van der Waals surface area (Å²) >= 11 is 0.